The molecule has 110 valence electrons. The number of rotatable bonds is 2. The number of ether oxygens (including phenoxy) is 2. The fraction of sp³-hybridized carbons (Fsp3) is 0.375. The van der Waals surface area contributed by atoms with Gasteiger partial charge in [0.2, 0.25) is 0 Å². The van der Waals surface area contributed by atoms with Crippen LogP contribution >= 0.6 is 0 Å². The highest BCUT2D eigenvalue weighted by Gasteiger charge is 2.20. The number of nitrogens with zero attached hydrogens (tertiary/aromatic N) is 2. The lowest BCUT2D eigenvalue weighted by molar-refractivity contribution is 0.112. The number of hydrogen-bond acceptors (Lipinski definition) is 4. The Hall–Kier alpha value is -2.30. The third-order valence-electron chi connectivity index (χ3n) is 3.37. The third kappa shape index (κ3) is 2.51. The van der Waals surface area contributed by atoms with Crippen molar-refractivity contribution in [3.63, 3.8) is 0 Å². The van der Waals surface area contributed by atoms with Crippen LogP contribution in [-0.2, 0) is 5.54 Å². The van der Waals surface area contributed by atoms with Gasteiger partial charge >= 0.3 is 0 Å². The maximum atomic E-state index is 11.3. The zero-order valence-electron chi connectivity index (χ0n) is 12.4. The molecule has 2 aromatic rings. The van der Waals surface area contributed by atoms with Gasteiger partial charge in [0.1, 0.15) is 18.9 Å². The van der Waals surface area contributed by atoms with Crippen LogP contribution in [0.1, 0.15) is 31.1 Å². The number of carbonyl (C=O) groups is 1. The summed E-state index contributed by atoms with van der Waals surface area (Å²) in [6, 6.07) is 5.63. The van der Waals surface area contributed by atoms with Crippen LogP contribution in [0.2, 0.25) is 0 Å². The molecule has 0 bridgehead atoms. The van der Waals surface area contributed by atoms with Gasteiger partial charge in [0.05, 0.1) is 11.1 Å². The van der Waals surface area contributed by atoms with Crippen molar-refractivity contribution in [2.24, 2.45) is 0 Å². The molecule has 1 aliphatic rings. The molecular weight excluding hydrogens is 268 g/mol. The Labute approximate surface area is 123 Å². The third-order valence-corrected chi connectivity index (χ3v) is 3.37. The number of hydrogen-bond donors (Lipinski definition) is 0. The zero-order chi connectivity index (χ0) is 15.0. The fourth-order valence-electron chi connectivity index (χ4n) is 2.23. The average Bonchev–Trinajstić information content (AvgIpc) is 2.91. The van der Waals surface area contributed by atoms with Crippen LogP contribution in [0.4, 0.5) is 0 Å². The predicted molar refractivity (Wildman–Crippen MR) is 79.0 cm³/mol. The van der Waals surface area contributed by atoms with E-state index in [-0.39, 0.29) is 5.54 Å². The maximum absolute atomic E-state index is 11.3. The molecule has 21 heavy (non-hydrogen) atoms. The largest absolute Gasteiger partial charge is 0.486 e. The first-order valence-corrected chi connectivity index (χ1v) is 6.94. The van der Waals surface area contributed by atoms with Crippen LogP contribution in [0.25, 0.3) is 11.3 Å². The van der Waals surface area contributed by atoms with Gasteiger partial charge in [0.15, 0.2) is 17.8 Å². The van der Waals surface area contributed by atoms with E-state index in [0.29, 0.717) is 30.2 Å². The van der Waals surface area contributed by atoms with Crippen molar-refractivity contribution in [1.29, 1.82) is 0 Å². The summed E-state index contributed by atoms with van der Waals surface area (Å²) in [7, 11) is 0. The Kier molecular flexibility index (Phi) is 3.20. The van der Waals surface area contributed by atoms with Crippen LogP contribution < -0.4 is 9.47 Å². The monoisotopic (exact) mass is 286 g/mol. The topological polar surface area (TPSA) is 53.4 Å². The fourth-order valence-corrected chi connectivity index (χ4v) is 2.23. The van der Waals surface area contributed by atoms with Gasteiger partial charge in [-0.05, 0) is 39.0 Å². The molecule has 1 aliphatic heterocycles. The van der Waals surface area contributed by atoms with Crippen molar-refractivity contribution in [2.45, 2.75) is 26.3 Å². The van der Waals surface area contributed by atoms with Crippen LogP contribution in [0.3, 0.4) is 0 Å². The van der Waals surface area contributed by atoms with Crippen LogP contribution in [0.5, 0.6) is 11.5 Å². The lowest BCUT2D eigenvalue weighted by atomic mass is 10.1. The van der Waals surface area contributed by atoms with Crippen molar-refractivity contribution in [3.8, 4) is 22.8 Å². The van der Waals surface area contributed by atoms with Gasteiger partial charge in [0, 0.05) is 11.8 Å². The Morgan fingerprint density at radius 2 is 1.90 bits per heavy atom. The Balaban J connectivity index is 2.07. The summed E-state index contributed by atoms with van der Waals surface area (Å²) in [4.78, 5) is 11.3. The highest BCUT2D eigenvalue weighted by molar-refractivity contribution is 5.85. The molecule has 3 rings (SSSR count). The summed E-state index contributed by atoms with van der Waals surface area (Å²) in [5, 5.41) is 4.56. The molecule has 0 spiro atoms. The molecule has 0 N–H and O–H groups in total. The van der Waals surface area contributed by atoms with E-state index in [9.17, 15) is 4.79 Å². The Morgan fingerprint density at radius 1 is 1.19 bits per heavy atom. The van der Waals surface area contributed by atoms with E-state index in [2.05, 4.69) is 5.10 Å². The first kappa shape index (κ1) is 13.7. The molecule has 1 aromatic heterocycles. The summed E-state index contributed by atoms with van der Waals surface area (Å²) < 4.78 is 12.9. The molecule has 0 amide bonds. The first-order chi connectivity index (χ1) is 9.99. The van der Waals surface area contributed by atoms with Gasteiger partial charge in [-0.25, -0.2) is 0 Å². The smallest absolute Gasteiger partial charge is 0.162 e. The zero-order valence-corrected chi connectivity index (χ0v) is 12.4. The minimum absolute atomic E-state index is 0.177. The van der Waals surface area contributed by atoms with Crippen molar-refractivity contribution < 1.29 is 14.3 Å². The molecule has 0 saturated carbocycles. The first-order valence-electron chi connectivity index (χ1n) is 6.94. The van der Waals surface area contributed by atoms with Gasteiger partial charge in [0.25, 0.3) is 0 Å². The highest BCUT2D eigenvalue weighted by atomic mass is 16.6. The van der Waals surface area contributed by atoms with E-state index in [0.717, 1.165) is 17.6 Å². The SMILES string of the molecule is CC(C)(C)n1cc(C=O)c(-c2ccc3c(c2)OCCO3)n1. The normalized spacial score (nSPS) is 14.0. The quantitative estimate of drug-likeness (QED) is 0.797. The molecule has 0 unspecified atom stereocenters. The van der Waals surface area contributed by atoms with Crippen LogP contribution in [0.15, 0.2) is 24.4 Å². The molecule has 0 fully saturated rings. The van der Waals surface area contributed by atoms with Gasteiger partial charge in [-0.3, -0.25) is 9.48 Å². The van der Waals surface area contributed by atoms with E-state index < -0.39 is 0 Å². The van der Waals surface area contributed by atoms with E-state index >= 15 is 0 Å². The number of benzene rings is 1. The number of carbonyl (C=O) groups excluding carboxylic acids is 1. The summed E-state index contributed by atoms with van der Waals surface area (Å²) in [6.45, 7) is 7.23. The number of fused-ring (bicyclic) bond motifs is 1. The minimum Gasteiger partial charge on any atom is -0.486 e. The molecule has 0 saturated heterocycles. The molecule has 0 atom stereocenters. The standard InChI is InChI=1S/C16H18N2O3/c1-16(2,3)18-9-12(10-19)15(17-18)11-4-5-13-14(8-11)21-7-6-20-13/h4-5,8-10H,6-7H2,1-3H3. The van der Waals surface area contributed by atoms with E-state index in [1.165, 1.54) is 0 Å². The van der Waals surface area contributed by atoms with Crippen molar-refractivity contribution in [3.05, 3.63) is 30.0 Å². The lowest BCUT2D eigenvalue weighted by Crippen LogP contribution is -2.22. The Bertz CT molecular complexity index is 683. The second kappa shape index (κ2) is 4.91. The molecular formula is C16H18N2O3. The van der Waals surface area contributed by atoms with Crippen LogP contribution in [0, 0.1) is 0 Å². The van der Waals surface area contributed by atoms with E-state index in [4.69, 9.17) is 9.47 Å². The summed E-state index contributed by atoms with van der Waals surface area (Å²) >= 11 is 0. The van der Waals surface area contributed by atoms with E-state index in [1.807, 2.05) is 43.7 Å². The maximum Gasteiger partial charge on any atom is 0.162 e. The minimum atomic E-state index is -0.177. The average molecular weight is 286 g/mol. The molecule has 0 aliphatic carbocycles. The molecule has 1 aromatic carbocycles. The van der Waals surface area contributed by atoms with Gasteiger partial charge in [-0.2, -0.15) is 5.10 Å². The second-order valence-electron chi connectivity index (χ2n) is 6.02. The molecule has 5 nitrogen and oxygen atoms in total. The molecule has 2 heterocycles. The highest BCUT2D eigenvalue weighted by Crippen LogP contribution is 2.35. The van der Waals surface area contributed by atoms with Crippen molar-refractivity contribution >= 4 is 6.29 Å². The van der Waals surface area contributed by atoms with Crippen LogP contribution in [-0.4, -0.2) is 29.3 Å². The van der Waals surface area contributed by atoms with Gasteiger partial charge in [-0.15, -0.1) is 0 Å². The number of aldehydes is 1. The van der Waals surface area contributed by atoms with Gasteiger partial charge in [-0.1, -0.05) is 0 Å². The van der Waals surface area contributed by atoms with Crippen molar-refractivity contribution in [1.82, 2.24) is 9.78 Å². The predicted octanol–water partition coefficient (Wildman–Crippen LogP) is 2.89. The second-order valence-corrected chi connectivity index (χ2v) is 6.02. The summed E-state index contributed by atoms with van der Waals surface area (Å²) in [5.41, 5.74) is 1.91. The van der Waals surface area contributed by atoms with E-state index in [1.54, 1.807) is 6.20 Å². The van der Waals surface area contributed by atoms with Crippen molar-refractivity contribution in [2.75, 3.05) is 13.2 Å². The number of aromatic nitrogens is 2. The Morgan fingerprint density at radius 3 is 2.57 bits per heavy atom. The summed E-state index contributed by atoms with van der Waals surface area (Å²) in [6.07, 6.45) is 2.61. The summed E-state index contributed by atoms with van der Waals surface area (Å²) in [5.74, 6) is 1.42. The van der Waals surface area contributed by atoms with Gasteiger partial charge < -0.3 is 9.47 Å². The molecule has 5 heteroatoms. The lowest BCUT2D eigenvalue weighted by Gasteiger charge is -2.19. The molecule has 0 radical (unpaired) electrons.